The molecule has 126 valence electrons. The Hall–Kier alpha value is -2.08. The SMILES string of the molecule is O=C(N/N=C\c1ccc(-c2ccc(Cl)cc2Cl)o1)c1cccc(Br)c1. The van der Waals surface area contributed by atoms with Crippen LogP contribution >= 0.6 is 39.1 Å². The first-order chi connectivity index (χ1) is 12.0. The van der Waals surface area contributed by atoms with Gasteiger partial charge in [-0.1, -0.05) is 45.2 Å². The number of carbonyl (C=O) groups is 1. The Bertz CT molecular complexity index is 954. The third-order valence-electron chi connectivity index (χ3n) is 3.27. The molecule has 1 amide bonds. The molecule has 0 aliphatic rings. The van der Waals surface area contributed by atoms with Gasteiger partial charge in [-0.25, -0.2) is 5.43 Å². The van der Waals surface area contributed by atoms with E-state index in [1.807, 2.05) is 6.07 Å². The number of rotatable bonds is 4. The van der Waals surface area contributed by atoms with Crippen LogP contribution in [0.1, 0.15) is 16.1 Å². The van der Waals surface area contributed by atoms with Crippen LogP contribution in [0.25, 0.3) is 11.3 Å². The summed E-state index contributed by atoms with van der Waals surface area (Å²) >= 11 is 15.4. The molecule has 25 heavy (non-hydrogen) atoms. The molecule has 0 radical (unpaired) electrons. The summed E-state index contributed by atoms with van der Waals surface area (Å²) in [5, 5.41) is 4.95. The quantitative estimate of drug-likeness (QED) is 0.415. The van der Waals surface area contributed by atoms with Gasteiger partial charge in [0.1, 0.15) is 11.5 Å². The maximum absolute atomic E-state index is 12.0. The number of hydrogen-bond acceptors (Lipinski definition) is 3. The van der Waals surface area contributed by atoms with Gasteiger partial charge in [0.15, 0.2) is 0 Å². The van der Waals surface area contributed by atoms with E-state index in [0.29, 0.717) is 27.1 Å². The van der Waals surface area contributed by atoms with Crippen molar-refractivity contribution >= 4 is 51.3 Å². The van der Waals surface area contributed by atoms with Crippen LogP contribution in [-0.4, -0.2) is 12.1 Å². The van der Waals surface area contributed by atoms with E-state index in [0.717, 1.165) is 10.0 Å². The summed E-state index contributed by atoms with van der Waals surface area (Å²) in [6, 6.07) is 15.7. The summed E-state index contributed by atoms with van der Waals surface area (Å²) in [5.74, 6) is 0.752. The number of hydrogen-bond donors (Lipinski definition) is 1. The van der Waals surface area contributed by atoms with Crippen molar-refractivity contribution in [3.63, 3.8) is 0 Å². The molecule has 2 aromatic carbocycles. The van der Waals surface area contributed by atoms with Crippen LogP contribution in [0.15, 0.2) is 68.6 Å². The largest absolute Gasteiger partial charge is 0.455 e. The summed E-state index contributed by atoms with van der Waals surface area (Å²) in [4.78, 5) is 12.0. The molecule has 7 heteroatoms. The first-order valence-electron chi connectivity index (χ1n) is 7.17. The lowest BCUT2D eigenvalue weighted by atomic mass is 10.2. The molecule has 0 spiro atoms. The molecule has 0 saturated heterocycles. The molecular formula is C18H11BrCl2N2O2. The molecule has 0 bridgehead atoms. The molecule has 0 fully saturated rings. The zero-order valence-corrected chi connectivity index (χ0v) is 15.8. The Kier molecular flexibility index (Phi) is 5.58. The van der Waals surface area contributed by atoms with Crippen molar-refractivity contribution in [1.29, 1.82) is 0 Å². The van der Waals surface area contributed by atoms with Gasteiger partial charge >= 0.3 is 0 Å². The monoisotopic (exact) mass is 436 g/mol. The Labute approximate surface area is 162 Å². The fraction of sp³-hybridized carbons (Fsp3) is 0. The molecule has 3 aromatic rings. The number of carbonyl (C=O) groups excluding carboxylic acids is 1. The van der Waals surface area contributed by atoms with Gasteiger partial charge < -0.3 is 4.42 Å². The van der Waals surface area contributed by atoms with Gasteiger partial charge in [-0.3, -0.25) is 4.79 Å². The maximum Gasteiger partial charge on any atom is 0.271 e. The molecule has 1 aromatic heterocycles. The van der Waals surface area contributed by atoms with E-state index in [9.17, 15) is 4.79 Å². The standard InChI is InChI=1S/C18H11BrCl2N2O2/c19-12-3-1-2-11(8-12)18(24)23-22-10-14-5-7-17(25-14)15-6-4-13(20)9-16(15)21/h1-10H,(H,23,24)/b22-10-. The van der Waals surface area contributed by atoms with Gasteiger partial charge in [0.2, 0.25) is 0 Å². The van der Waals surface area contributed by atoms with Crippen molar-refractivity contribution in [2.75, 3.05) is 0 Å². The molecule has 0 aliphatic carbocycles. The molecule has 0 saturated carbocycles. The van der Waals surface area contributed by atoms with Crippen LogP contribution in [-0.2, 0) is 0 Å². The number of benzene rings is 2. The highest BCUT2D eigenvalue weighted by molar-refractivity contribution is 9.10. The molecule has 0 aliphatic heterocycles. The summed E-state index contributed by atoms with van der Waals surface area (Å²) in [6.07, 6.45) is 1.42. The van der Waals surface area contributed by atoms with Crippen molar-refractivity contribution in [3.8, 4) is 11.3 Å². The fourth-order valence-electron chi connectivity index (χ4n) is 2.11. The summed E-state index contributed by atoms with van der Waals surface area (Å²) in [6.45, 7) is 0. The summed E-state index contributed by atoms with van der Waals surface area (Å²) < 4.78 is 6.48. The Balaban J connectivity index is 1.69. The lowest BCUT2D eigenvalue weighted by Gasteiger charge is -2.01. The summed E-state index contributed by atoms with van der Waals surface area (Å²) in [7, 11) is 0. The second-order valence-electron chi connectivity index (χ2n) is 5.04. The molecular weight excluding hydrogens is 427 g/mol. The van der Waals surface area contributed by atoms with E-state index >= 15 is 0 Å². The van der Waals surface area contributed by atoms with E-state index in [1.54, 1.807) is 48.5 Å². The average molecular weight is 438 g/mol. The van der Waals surface area contributed by atoms with Gasteiger partial charge in [-0.15, -0.1) is 0 Å². The number of hydrazone groups is 1. The Morgan fingerprint density at radius 3 is 2.72 bits per heavy atom. The highest BCUT2D eigenvalue weighted by atomic mass is 79.9. The average Bonchev–Trinajstić information content (AvgIpc) is 3.03. The van der Waals surface area contributed by atoms with Gasteiger partial charge in [0.05, 0.1) is 11.2 Å². The highest BCUT2D eigenvalue weighted by Crippen LogP contribution is 2.31. The minimum Gasteiger partial charge on any atom is -0.455 e. The fourth-order valence-corrected chi connectivity index (χ4v) is 3.01. The second kappa shape index (κ2) is 7.87. The van der Waals surface area contributed by atoms with Crippen LogP contribution < -0.4 is 5.43 Å². The van der Waals surface area contributed by atoms with Crippen LogP contribution in [0.2, 0.25) is 10.0 Å². The van der Waals surface area contributed by atoms with Gasteiger partial charge in [0.25, 0.3) is 5.91 Å². The van der Waals surface area contributed by atoms with E-state index in [2.05, 4.69) is 26.5 Å². The molecule has 4 nitrogen and oxygen atoms in total. The minimum atomic E-state index is -0.315. The first-order valence-corrected chi connectivity index (χ1v) is 8.72. The number of nitrogens with one attached hydrogen (secondary N) is 1. The van der Waals surface area contributed by atoms with Crippen molar-refractivity contribution in [1.82, 2.24) is 5.43 Å². The van der Waals surface area contributed by atoms with Crippen LogP contribution in [0.5, 0.6) is 0 Å². The minimum absolute atomic E-state index is 0.315. The van der Waals surface area contributed by atoms with Crippen molar-refractivity contribution in [2.45, 2.75) is 0 Å². The Morgan fingerprint density at radius 1 is 1.12 bits per heavy atom. The van der Waals surface area contributed by atoms with Gasteiger partial charge in [-0.05, 0) is 48.5 Å². The highest BCUT2D eigenvalue weighted by Gasteiger charge is 2.09. The van der Waals surface area contributed by atoms with Crippen molar-refractivity contribution in [2.24, 2.45) is 5.10 Å². The number of nitrogens with zero attached hydrogens (tertiary/aromatic N) is 1. The molecule has 0 unspecified atom stereocenters. The number of amides is 1. The lowest BCUT2D eigenvalue weighted by Crippen LogP contribution is -2.17. The van der Waals surface area contributed by atoms with Crippen molar-refractivity contribution in [3.05, 3.63) is 80.4 Å². The number of furan rings is 1. The summed E-state index contributed by atoms with van der Waals surface area (Å²) in [5.41, 5.74) is 3.67. The van der Waals surface area contributed by atoms with E-state index < -0.39 is 0 Å². The second-order valence-corrected chi connectivity index (χ2v) is 6.79. The normalized spacial score (nSPS) is 11.0. The van der Waals surface area contributed by atoms with E-state index in [-0.39, 0.29) is 5.91 Å². The van der Waals surface area contributed by atoms with Crippen LogP contribution in [0.4, 0.5) is 0 Å². The molecule has 1 heterocycles. The van der Waals surface area contributed by atoms with Crippen LogP contribution in [0.3, 0.4) is 0 Å². The van der Waals surface area contributed by atoms with E-state index in [1.165, 1.54) is 6.21 Å². The van der Waals surface area contributed by atoms with Crippen molar-refractivity contribution < 1.29 is 9.21 Å². The topological polar surface area (TPSA) is 54.6 Å². The zero-order valence-electron chi connectivity index (χ0n) is 12.7. The maximum atomic E-state index is 12.0. The van der Waals surface area contributed by atoms with Crippen LogP contribution in [0, 0.1) is 0 Å². The van der Waals surface area contributed by atoms with Gasteiger partial charge in [-0.2, -0.15) is 5.10 Å². The third kappa shape index (κ3) is 4.51. The number of halogens is 3. The zero-order chi connectivity index (χ0) is 17.8. The third-order valence-corrected chi connectivity index (χ3v) is 4.31. The van der Waals surface area contributed by atoms with E-state index in [4.69, 9.17) is 27.6 Å². The molecule has 3 rings (SSSR count). The first kappa shape index (κ1) is 17.7. The predicted octanol–water partition coefficient (Wildman–Crippen LogP) is 5.78. The smallest absolute Gasteiger partial charge is 0.271 e. The van der Waals surface area contributed by atoms with Gasteiger partial charge in [0, 0.05) is 20.6 Å². The Morgan fingerprint density at radius 2 is 1.96 bits per heavy atom. The molecule has 1 N–H and O–H groups in total. The molecule has 0 atom stereocenters. The lowest BCUT2D eigenvalue weighted by molar-refractivity contribution is 0.0955. The predicted molar refractivity (Wildman–Crippen MR) is 103 cm³/mol.